The van der Waals surface area contributed by atoms with E-state index in [0.29, 0.717) is 5.56 Å². The van der Waals surface area contributed by atoms with E-state index in [0.717, 1.165) is 11.0 Å². The Balaban J connectivity index is 2.76. The molecular formula is C11H11ClN2O2. The fourth-order valence-electron chi connectivity index (χ4n) is 1.76. The number of aryl methyl sites for hydroxylation is 2. The van der Waals surface area contributed by atoms with Crippen molar-refractivity contribution >= 4 is 28.4 Å². The smallest absolute Gasteiger partial charge is 0.295 e. The predicted octanol–water partition coefficient (Wildman–Crippen LogP) is 1.30. The summed E-state index contributed by atoms with van der Waals surface area (Å²) in [6.07, 6.45) is 0. The molecule has 5 heteroatoms. The van der Waals surface area contributed by atoms with Crippen LogP contribution in [0.25, 0.3) is 11.0 Å². The zero-order valence-corrected chi connectivity index (χ0v) is 9.78. The van der Waals surface area contributed by atoms with Gasteiger partial charge in [-0.2, -0.15) is 0 Å². The average Bonchev–Trinajstić information content (AvgIpc) is 2.53. The number of Topliss-reactive ketones (excluding diaryl/α,β-unsaturated/α-hetero) is 1. The van der Waals surface area contributed by atoms with Crippen LogP contribution in [0.15, 0.2) is 23.0 Å². The number of hydrogen-bond acceptors (Lipinski definition) is 2. The predicted molar refractivity (Wildman–Crippen MR) is 63.2 cm³/mol. The summed E-state index contributed by atoms with van der Waals surface area (Å²) in [5.41, 5.74) is 1.97. The summed E-state index contributed by atoms with van der Waals surface area (Å²) in [5, 5.41) is 0. The number of carbonyl (C=O) groups is 1. The number of ketones is 1. The molecule has 16 heavy (non-hydrogen) atoms. The second-order valence-corrected chi connectivity index (χ2v) is 3.93. The highest BCUT2D eigenvalue weighted by atomic mass is 35.5. The van der Waals surface area contributed by atoms with Crippen LogP contribution in [0, 0.1) is 0 Å². The van der Waals surface area contributed by atoms with Gasteiger partial charge in [0.2, 0.25) is 0 Å². The van der Waals surface area contributed by atoms with Crippen molar-refractivity contribution in [2.45, 2.75) is 0 Å². The molecule has 0 spiro atoms. The highest BCUT2D eigenvalue weighted by molar-refractivity contribution is 6.30. The van der Waals surface area contributed by atoms with E-state index in [1.54, 1.807) is 36.9 Å². The van der Waals surface area contributed by atoms with E-state index in [4.69, 9.17) is 11.6 Å². The van der Waals surface area contributed by atoms with Gasteiger partial charge in [0.25, 0.3) is 0 Å². The monoisotopic (exact) mass is 238 g/mol. The number of hydrogen-bond donors (Lipinski definition) is 0. The van der Waals surface area contributed by atoms with Crippen LogP contribution in [0.2, 0.25) is 0 Å². The molecule has 0 amide bonds. The lowest BCUT2D eigenvalue weighted by molar-refractivity contribution is 0.102. The Morgan fingerprint density at radius 1 is 1.25 bits per heavy atom. The highest BCUT2D eigenvalue weighted by Crippen LogP contribution is 2.14. The van der Waals surface area contributed by atoms with E-state index >= 15 is 0 Å². The first-order valence-corrected chi connectivity index (χ1v) is 5.34. The van der Waals surface area contributed by atoms with Crippen molar-refractivity contribution in [3.63, 3.8) is 0 Å². The minimum atomic E-state index is -0.139. The van der Waals surface area contributed by atoms with Crippen LogP contribution < -0.4 is 5.69 Å². The van der Waals surface area contributed by atoms with Gasteiger partial charge in [0.1, 0.15) is 0 Å². The van der Waals surface area contributed by atoms with Crippen molar-refractivity contribution in [2.24, 2.45) is 14.1 Å². The van der Waals surface area contributed by atoms with Crippen LogP contribution in [0.3, 0.4) is 0 Å². The Bertz CT molecular complexity index is 625. The second-order valence-electron chi connectivity index (χ2n) is 3.66. The van der Waals surface area contributed by atoms with Crippen LogP contribution >= 0.6 is 11.6 Å². The quantitative estimate of drug-likeness (QED) is 0.585. The fourth-order valence-corrected chi connectivity index (χ4v) is 1.91. The standard InChI is InChI=1S/C11H11ClN2O2/c1-13-8-4-3-7(10(15)6-12)5-9(8)14(2)11(13)16/h3-5H,6H2,1-2H3. The lowest BCUT2D eigenvalue weighted by Crippen LogP contribution is -2.19. The maximum absolute atomic E-state index is 11.7. The summed E-state index contributed by atoms with van der Waals surface area (Å²) in [7, 11) is 3.38. The molecule has 1 aromatic carbocycles. The Hall–Kier alpha value is -1.55. The second kappa shape index (κ2) is 3.79. The molecule has 1 aromatic heterocycles. The summed E-state index contributed by atoms with van der Waals surface area (Å²) >= 11 is 5.49. The van der Waals surface area contributed by atoms with Crippen molar-refractivity contribution in [3.8, 4) is 0 Å². The van der Waals surface area contributed by atoms with Gasteiger partial charge < -0.3 is 0 Å². The van der Waals surface area contributed by atoms with Crippen molar-refractivity contribution in [3.05, 3.63) is 34.2 Å². The molecule has 0 saturated heterocycles. The first kappa shape index (κ1) is 11.0. The highest BCUT2D eigenvalue weighted by Gasteiger charge is 2.10. The maximum Gasteiger partial charge on any atom is 0.328 e. The third kappa shape index (κ3) is 1.46. The molecular weight excluding hydrogens is 228 g/mol. The van der Waals surface area contributed by atoms with Gasteiger partial charge in [-0.1, -0.05) is 0 Å². The molecule has 2 rings (SSSR count). The number of rotatable bonds is 2. The average molecular weight is 239 g/mol. The largest absolute Gasteiger partial charge is 0.328 e. The van der Waals surface area contributed by atoms with Crippen LogP contribution in [0.1, 0.15) is 10.4 Å². The number of aromatic nitrogens is 2. The number of benzene rings is 1. The van der Waals surface area contributed by atoms with Gasteiger partial charge in [-0.25, -0.2) is 4.79 Å². The number of nitrogens with zero attached hydrogens (tertiary/aromatic N) is 2. The van der Waals surface area contributed by atoms with Crippen molar-refractivity contribution < 1.29 is 4.79 Å². The van der Waals surface area contributed by atoms with E-state index in [2.05, 4.69) is 0 Å². The number of carbonyl (C=O) groups excluding carboxylic acids is 1. The molecule has 84 valence electrons. The van der Waals surface area contributed by atoms with Gasteiger partial charge in [0.15, 0.2) is 5.78 Å². The Morgan fingerprint density at radius 2 is 1.88 bits per heavy atom. The molecule has 0 aliphatic carbocycles. The summed E-state index contributed by atoms with van der Waals surface area (Å²) in [6.45, 7) is 0. The first-order valence-electron chi connectivity index (χ1n) is 4.81. The van der Waals surface area contributed by atoms with Crippen molar-refractivity contribution in [1.29, 1.82) is 0 Å². The normalized spacial score (nSPS) is 10.9. The van der Waals surface area contributed by atoms with E-state index in [1.165, 1.54) is 4.57 Å². The first-order chi connectivity index (χ1) is 7.56. The zero-order chi connectivity index (χ0) is 11.9. The number of halogens is 1. The molecule has 0 saturated carbocycles. The molecule has 0 aliphatic rings. The molecule has 0 fully saturated rings. The van der Waals surface area contributed by atoms with Crippen molar-refractivity contribution in [1.82, 2.24) is 9.13 Å². The third-order valence-corrected chi connectivity index (χ3v) is 2.96. The van der Waals surface area contributed by atoms with Crippen LogP contribution in [0.4, 0.5) is 0 Å². The molecule has 0 atom stereocenters. The molecule has 4 nitrogen and oxygen atoms in total. The Kier molecular flexibility index (Phi) is 2.59. The van der Waals surface area contributed by atoms with Crippen molar-refractivity contribution in [2.75, 3.05) is 5.88 Å². The van der Waals surface area contributed by atoms with Crippen LogP contribution in [0.5, 0.6) is 0 Å². The van der Waals surface area contributed by atoms with E-state index < -0.39 is 0 Å². The van der Waals surface area contributed by atoms with Gasteiger partial charge in [-0.05, 0) is 18.2 Å². The Morgan fingerprint density at radius 3 is 2.50 bits per heavy atom. The lowest BCUT2D eigenvalue weighted by atomic mass is 10.1. The van der Waals surface area contributed by atoms with Crippen LogP contribution in [-0.4, -0.2) is 20.8 Å². The molecule has 2 aromatic rings. The van der Waals surface area contributed by atoms with Gasteiger partial charge in [0, 0.05) is 19.7 Å². The third-order valence-electron chi connectivity index (χ3n) is 2.72. The zero-order valence-electron chi connectivity index (χ0n) is 9.03. The van der Waals surface area contributed by atoms with Gasteiger partial charge in [-0.3, -0.25) is 13.9 Å². The topological polar surface area (TPSA) is 44.0 Å². The summed E-state index contributed by atoms with van der Waals surface area (Å²) in [5.74, 6) is -0.188. The number of fused-ring (bicyclic) bond motifs is 1. The number of imidazole rings is 1. The molecule has 0 bridgehead atoms. The summed E-state index contributed by atoms with van der Waals surface area (Å²) in [4.78, 5) is 23.1. The van der Waals surface area contributed by atoms with E-state index in [-0.39, 0.29) is 17.4 Å². The summed E-state index contributed by atoms with van der Waals surface area (Å²) < 4.78 is 3.06. The molecule has 0 radical (unpaired) electrons. The fraction of sp³-hybridized carbons (Fsp3) is 0.273. The number of alkyl halides is 1. The molecule has 0 N–H and O–H groups in total. The molecule has 1 heterocycles. The minimum absolute atomic E-state index is 0.0493. The van der Waals surface area contributed by atoms with E-state index in [9.17, 15) is 9.59 Å². The minimum Gasteiger partial charge on any atom is -0.295 e. The molecule has 0 unspecified atom stereocenters. The molecule has 0 aliphatic heterocycles. The van der Waals surface area contributed by atoms with E-state index in [1.807, 2.05) is 0 Å². The lowest BCUT2D eigenvalue weighted by Gasteiger charge is -1.99. The maximum atomic E-state index is 11.7. The van der Waals surface area contributed by atoms with Gasteiger partial charge in [0.05, 0.1) is 16.9 Å². The SMILES string of the molecule is Cn1c(=O)n(C)c2cc(C(=O)CCl)ccc21. The van der Waals surface area contributed by atoms with Gasteiger partial charge in [-0.15, -0.1) is 11.6 Å². The van der Waals surface area contributed by atoms with Crippen LogP contribution in [-0.2, 0) is 14.1 Å². The van der Waals surface area contributed by atoms with Gasteiger partial charge >= 0.3 is 5.69 Å². The Labute approximate surface area is 97.0 Å². The summed E-state index contributed by atoms with van der Waals surface area (Å²) in [6, 6.07) is 5.14.